The van der Waals surface area contributed by atoms with Gasteiger partial charge in [0.2, 0.25) is 5.91 Å². The lowest BCUT2D eigenvalue weighted by atomic mass is 9.93. The molecule has 0 aliphatic rings. The lowest BCUT2D eigenvalue weighted by Gasteiger charge is -2.26. The molecule has 2 atom stereocenters. The highest BCUT2D eigenvalue weighted by molar-refractivity contribution is 5.76. The minimum Gasteiger partial charge on any atom is -0.352 e. The SMILES string of the molecule is CC(C)C[C@H](CN)CC(=O)NC(CN(C)C)C(C)C. The van der Waals surface area contributed by atoms with E-state index in [1.165, 1.54) is 0 Å². The molecule has 0 heterocycles. The van der Waals surface area contributed by atoms with Gasteiger partial charge in [-0.25, -0.2) is 0 Å². The Kier molecular flexibility index (Phi) is 9.02. The van der Waals surface area contributed by atoms with Gasteiger partial charge in [0.05, 0.1) is 0 Å². The summed E-state index contributed by atoms with van der Waals surface area (Å²) < 4.78 is 0. The maximum absolute atomic E-state index is 12.1. The molecule has 0 aliphatic heterocycles. The minimum atomic E-state index is 0.136. The Balaban J connectivity index is 4.31. The highest BCUT2D eigenvalue weighted by Crippen LogP contribution is 2.14. The Morgan fingerprint density at radius 2 is 1.79 bits per heavy atom. The van der Waals surface area contributed by atoms with Crippen LogP contribution in [0.3, 0.4) is 0 Å². The average Bonchev–Trinajstić information content (AvgIpc) is 2.25. The van der Waals surface area contributed by atoms with E-state index in [4.69, 9.17) is 5.73 Å². The van der Waals surface area contributed by atoms with Crippen molar-refractivity contribution in [2.24, 2.45) is 23.5 Å². The molecule has 0 saturated heterocycles. The van der Waals surface area contributed by atoms with Crippen molar-refractivity contribution in [1.82, 2.24) is 10.2 Å². The van der Waals surface area contributed by atoms with E-state index < -0.39 is 0 Å². The minimum absolute atomic E-state index is 0.136. The monoisotopic (exact) mass is 271 g/mol. The topological polar surface area (TPSA) is 58.4 Å². The summed E-state index contributed by atoms with van der Waals surface area (Å²) in [6.07, 6.45) is 1.56. The molecule has 3 N–H and O–H groups in total. The molecule has 0 aromatic carbocycles. The second-order valence-corrected chi connectivity index (χ2v) is 6.62. The fourth-order valence-corrected chi connectivity index (χ4v) is 2.27. The first-order valence-electron chi connectivity index (χ1n) is 7.40. The van der Waals surface area contributed by atoms with Crippen molar-refractivity contribution in [3.05, 3.63) is 0 Å². The molecule has 0 fully saturated rings. The first-order valence-corrected chi connectivity index (χ1v) is 7.40. The highest BCUT2D eigenvalue weighted by Gasteiger charge is 2.19. The van der Waals surface area contributed by atoms with Crippen molar-refractivity contribution in [3.8, 4) is 0 Å². The van der Waals surface area contributed by atoms with Crippen molar-refractivity contribution in [2.75, 3.05) is 27.2 Å². The molecule has 0 bridgehead atoms. The average molecular weight is 271 g/mol. The summed E-state index contributed by atoms with van der Waals surface area (Å²) in [5, 5.41) is 3.15. The van der Waals surface area contributed by atoms with Crippen LogP contribution in [0.2, 0.25) is 0 Å². The van der Waals surface area contributed by atoms with E-state index in [1.807, 2.05) is 14.1 Å². The number of amides is 1. The predicted octanol–water partition coefficient (Wildman–Crippen LogP) is 1.70. The first kappa shape index (κ1) is 18.4. The number of carbonyl (C=O) groups excluding carboxylic acids is 1. The quantitative estimate of drug-likeness (QED) is 0.671. The highest BCUT2D eigenvalue weighted by atomic mass is 16.1. The molecule has 0 saturated carbocycles. The molecule has 0 aromatic heterocycles. The lowest BCUT2D eigenvalue weighted by Crippen LogP contribution is -2.45. The molecular formula is C15H33N3O. The zero-order valence-electron chi connectivity index (χ0n) is 13.6. The third kappa shape index (κ3) is 9.00. The third-order valence-electron chi connectivity index (χ3n) is 3.33. The van der Waals surface area contributed by atoms with Gasteiger partial charge in [-0.15, -0.1) is 0 Å². The van der Waals surface area contributed by atoms with E-state index in [-0.39, 0.29) is 11.9 Å². The molecule has 1 unspecified atom stereocenters. The van der Waals surface area contributed by atoms with Crippen LogP contribution in [0.5, 0.6) is 0 Å². The predicted molar refractivity (Wildman–Crippen MR) is 81.9 cm³/mol. The molecule has 114 valence electrons. The number of nitrogens with zero attached hydrogens (tertiary/aromatic N) is 1. The normalized spacial score (nSPS) is 15.1. The summed E-state index contributed by atoms with van der Waals surface area (Å²) in [5.74, 6) is 1.46. The van der Waals surface area contributed by atoms with Crippen LogP contribution >= 0.6 is 0 Å². The first-order chi connectivity index (χ1) is 8.76. The van der Waals surface area contributed by atoms with Crippen molar-refractivity contribution in [3.63, 3.8) is 0 Å². The van der Waals surface area contributed by atoms with Crippen molar-refractivity contribution in [2.45, 2.75) is 46.6 Å². The van der Waals surface area contributed by atoms with Crippen LogP contribution in [0.4, 0.5) is 0 Å². The smallest absolute Gasteiger partial charge is 0.220 e. The summed E-state index contributed by atoms with van der Waals surface area (Å²) in [6, 6.07) is 0.208. The number of nitrogens with one attached hydrogen (secondary N) is 1. The molecule has 0 rings (SSSR count). The second-order valence-electron chi connectivity index (χ2n) is 6.62. The summed E-state index contributed by atoms with van der Waals surface area (Å²) in [6.45, 7) is 10.1. The Hall–Kier alpha value is -0.610. The molecule has 4 heteroatoms. The van der Waals surface area contributed by atoms with Gasteiger partial charge in [-0.2, -0.15) is 0 Å². The fourth-order valence-electron chi connectivity index (χ4n) is 2.27. The van der Waals surface area contributed by atoms with Gasteiger partial charge in [0.1, 0.15) is 0 Å². The lowest BCUT2D eigenvalue weighted by molar-refractivity contribution is -0.123. The summed E-state index contributed by atoms with van der Waals surface area (Å²) in [7, 11) is 4.06. The van der Waals surface area contributed by atoms with Crippen LogP contribution in [-0.4, -0.2) is 44.0 Å². The Morgan fingerprint density at radius 1 is 1.21 bits per heavy atom. The largest absolute Gasteiger partial charge is 0.352 e. The van der Waals surface area contributed by atoms with Crippen LogP contribution in [0.25, 0.3) is 0 Å². The van der Waals surface area contributed by atoms with Gasteiger partial charge in [-0.3, -0.25) is 4.79 Å². The van der Waals surface area contributed by atoms with E-state index in [2.05, 4.69) is 37.9 Å². The van der Waals surface area contributed by atoms with Crippen LogP contribution in [0.15, 0.2) is 0 Å². The molecule has 4 nitrogen and oxygen atoms in total. The number of nitrogens with two attached hydrogens (primary N) is 1. The van der Waals surface area contributed by atoms with Crippen molar-refractivity contribution < 1.29 is 4.79 Å². The van der Waals surface area contributed by atoms with E-state index >= 15 is 0 Å². The van der Waals surface area contributed by atoms with Gasteiger partial charge in [0, 0.05) is 19.0 Å². The molecular weight excluding hydrogens is 238 g/mol. The maximum Gasteiger partial charge on any atom is 0.220 e. The van der Waals surface area contributed by atoms with Gasteiger partial charge in [-0.1, -0.05) is 27.7 Å². The van der Waals surface area contributed by atoms with Gasteiger partial charge in [-0.05, 0) is 44.8 Å². The Labute approximate surface area is 119 Å². The number of carbonyl (C=O) groups is 1. The van der Waals surface area contributed by atoms with Crippen molar-refractivity contribution in [1.29, 1.82) is 0 Å². The Bertz CT molecular complexity index is 252. The van der Waals surface area contributed by atoms with Crippen molar-refractivity contribution >= 4 is 5.91 Å². The van der Waals surface area contributed by atoms with Gasteiger partial charge in [0.15, 0.2) is 0 Å². The number of hydrogen-bond acceptors (Lipinski definition) is 3. The molecule has 19 heavy (non-hydrogen) atoms. The van der Waals surface area contributed by atoms with E-state index in [0.29, 0.717) is 30.7 Å². The van der Waals surface area contributed by atoms with E-state index in [1.54, 1.807) is 0 Å². The third-order valence-corrected chi connectivity index (χ3v) is 3.33. The van der Waals surface area contributed by atoms with Gasteiger partial charge < -0.3 is 16.0 Å². The van der Waals surface area contributed by atoms with Crippen LogP contribution in [-0.2, 0) is 4.79 Å². The molecule has 0 radical (unpaired) electrons. The molecule has 0 spiro atoms. The summed E-state index contributed by atoms with van der Waals surface area (Å²) in [5.41, 5.74) is 5.75. The van der Waals surface area contributed by atoms with E-state index in [0.717, 1.165) is 13.0 Å². The van der Waals surface area contributed by atoms with Crippen LogP contribution < -0.4 is 11.1 Å². The second kappa shape index (κ2) is 9.32. The number of rotatable bonds is 9. The summed E-state index contributed by atoms with van der Waals surface area (Å²) >= 11 is 0. The Morgan fingerprint density at radius 3 is 2.16 bits per heavy atom. The maximum atomic E-state index is 12.1. The molecule has 0 aliphatic carbocycles. The summed E-state index contributed by atoms with van der Waals surface area (Å²) in [4.78, 5) is 14.2. The van der Waals surface area contributed by atoms with Crippen LogP contribution in [0, 0.1) is 17.8 Å². The van der Waals surface area contributed by atoms with Crippen LogP contribution in [0.1, 0.15) is 40.5 Å². The molecule has 0 aromatic rings. The van der Waals surface area contributed by atoms with Gasteiger partial charge >= 0.3 is 0 Å². The molecule has 1 amide bonds. The van der Waals surface area contributed by atoms with Gasteiger partial charge in [0.25, 0.3) is 0 Å². The van der Waals surface area contributed by atoms with E-state index in [9.17, 15) is 4.79 Å². The fraction of sp³-hybridized carbons (Fsp3) is 0.933. The zero-order valence-corrected chi connectivity index (χ0v) is 13.6. The zero-order chi connectivity index (χ0) is 15.0. The standard InChI is InChI=1S/C15H33N3O/c1-11(2)7-13(9-16)8-15(19)17-14(12(3)4)10-18(5)6/h11-14H,7-10,16H2,1-6H3,(H,17,19)/t13-,14?/m0/s1. The number of hydrogen-bond donors (Lipinski definition) is 2. The number of likely N-dealkylation sites (N-methyl/N-ethyl adjacent to an activating group) is 1.